The van der Waals surface area contributed by atoms with Gasteiger partial charge in [-0.15, -0.1) is 0 Å². The SMILES string of the molecule is CN(Cc1ccn[nH]1)Cc1ccccc1OCCn1ccnc1. The molecular formula is C17H21N5O. The summed E-state index contributed by atoms with van der Waals surface area (Å²) in [6, 6.07) is 10.2. The molecule has 3 rings (SSSR count). The summed E-state index contributed by atoms with van der Waals surface area (Å²) in [6.07, 6.45) is 7.29. The lowest BCUT2D eigenvalue weighted by molar-refractivity contribution is 0.277. The molecule has 0 aliphatic rings. The molecule has 2 aromatic heterocycles. The number of para-hydroxylation sites is 1. The summed E-state index contributed by atoms with van der Waals surface area (Å²) < 4.78 is 7.96. The van der Waals surface area contributed by atoms with Crippen molar-refractivity contribution >= 4 is 0 Å². The monoisotopic (exact) mass is 311 g/mol. The van der Waals surface area contributed by atoms with E-state index in [4.69, 9.17) is 4.74 Å². The molecule has 2 heterocycles. The second-order valence-corrected chi connectivity index (χ2v) is 5.51. The third kappa shape index (κ3) is 4.43. The summed E-state index contributed by atoms with van der Waals surface area (Å²) in [5.41, 5.74) is 2.28. The molecule has 0 amide bonds. The van der Waals surface area contributed by atoms with Crippen LogP contribution in [0.2, 0.25) is 0 Å². The molecule has 0 saturated carbocycles. The van der Waals surface area contributed by atoms with E-state index in [0.717, 1.165) is 31.1 Å². The molecule has 0 unspecified atom stereocenters. The zero-order valence-corrected chi connectivity index (χ0v) is 13.2. The Hall–Kier alpha value is -2.60. The van der Waals surface area contributed by atoms with Gasteiger partial charge >= 0.3 is 0 Å². The quantitative estimate of drug-likeness (QED) is 0.693. The zero-order chi connectivity index (χ0) is 15.9. The van der Waals surface area contributed by atoms with Gasteiger partial charge in [0.15, 0.2) is 0 Å². The van der Waals surface area contributed by atoms with E-state index in [1.807, 2.05) is 35.0 Å². The van der Waals surface area contributed by atoms with Crippen molar-refractivity contribution in [2.24, 2.45) is 0 Å². The molecule has 6 heteroatoms. The molecule has 120 valence electrons. The van der Waals surface area contributed by atoms with Crippen LogP contribution in [0.4, 0.5) is 0 Å². The molecule has 1 aromatic carbocycles. The topological polar surface area (TPSA) is 59.0 Å². The molecule has 0 saturated heterocycles. The van der Waals surface area contributed by atoms with Crippen LogP contribution in [0.1, 0.15) is 11.3 Å². The molecular weight excluding hydrogens is 290 g/mol. The van der Waals surface area contributed by atoms with Crippen molar-refractivity contribution in [2.45, 2.75) is 19.6 Å². The minimum Gasteiger partial charge on any atom is -0.491 e. The molecule has 1 N–H and O–H groups in total. The van der Waals surface area contributed by atoms with Gasteiger partial charge in [0.25, 0.3) is 0 Å². The van der Waals surface area contributed by atoms with Crippen LogP contribution in [0.15, 0.2) is 55.2 Å². The van der Waals surface area contributed by atoms with E-state index in [9.17, 15) is 0 Å². The largest absolute Gasteiger partial charge is 0.491 e. The Morgan fingerprint density at radius 1 is 1.17 bits per heavy atom. The smallest absolute Gasteiger partial charge is 0.123 e. The van der Waals surface area contributed by atoms with Gasteiger partial charge in [-0.3, -0.25) is 10.00 Å². The average Bonchev–Trinajstić information content (AvgIpc) is 3.22. The Morgan fingerprint density at radius 2 is 2.09 bits per heavy atom. The van der Waals surface area contributed by atoms with Crippen molar-refractivity contribution < 1.29 is 4.74 Å². The van der Waals surface area contributed by atoms with E-state index in [1.54, 1.807) is 18.7 Å². The van der Waals surface area contributed by atoms with Gasteiger partial charge in [0.2, 0.25) is 0 Å². The lowest BCUT2D eigenvalue weighted by Crippen LogP contribution is -2.18. The van der Waals surface area contributed by atoms with Gasteiger partial charge in [-0.1, -0.05) is 18.2 Å². The maximum Gasteiger partial charge on any atom is 0.123 e. The van der Waals surface area contributed by atoms with E-state index in [0.29, 0.717) is 6.61 Å². The van der Waals surface area contributed by atoms with Gasteiger partial charge in [-0.2, -0.15) is 5.10 Å². The summed E-state index contributed by atoms with van der Waals surface area (Å²) >= 11 is 0. The number of H-pyrrole nitrogens is 1. The Bertz CT molecular complexity index is 694. The van der Waals surface area contributed by atoms with Crippen LogP contribution in [-0.2, 0) is 19.6 Å². The van der Waals surface area contributed by atoms with Crippen LogP contribution in [0, 0.1) is 0 Å². The number of aromatic nitrogens is 4. The second kappa shape index (κ2) is 7.60. The van der Waals surface area contributed by atoms with Crippen molar-refractivity contribution in [3.8, 4) is 5.75 Å². The zero-order valence-electron chi connectivity index (χ0n) is 13.2. The maximum atomic E-state index is 5.95. The summed E-state index contributed by atoms with van der Waals surface area (Å²) in [5.74, 6) is 0.934. The van der Waals surface area contributed by atoms with Crippen LogP contribution in [0.5, 0.6) is 5.75 Å². The van der Waals surface area contributed by atoms with Crippen molar-refractivity contribution in [3.63, 3.8) is 0 Å². The van der Waals surface area contributed by atoms with Crippen molar-refractivity contribution in [1.82, 2.24) is 24.6 Å². The number of hydrogen-bond acceptors (Lipinski definition) is 4. The van der Waals surface area contributed by atoms with Crippen LogP contribution >= 0.6 is 0 Å². The minimum absolute atomic E-state index is 0.623. The van der Waals surface area contributed by atoms with Gasteiger partial charge < -0.3 is 9.30 Å². The third-order valence-corrected chi connectivity index (χ3v) is 3.58. The number of imidazole rings is 1. The first-order valence-corrected chi connectivity index (χ1v) is 7.64. The van der Waals surface area contributed by atoms with Gasteiger partial charge in [0.1, 0.15) is 12.4 Å². The maximum absolute atomic E-state index is 5.95. The van der Waals surface area contributed by atoms with Gasteiger partial charge in [-0.25, -0.2) is 4.98 Å². The second-order valence-electron chi connectivity index (χ2n) is 5.51. The molecule has 0 radical (unpaired) electrons. The molecule has 0 atom stereocenters. The number of rotatable bonds is 8. The first-order valence-electron chi connectivity index (χ1n) is 7.64. The summed E-state index contributed by atoms with van der Waals surface area (Å²) in [7, 11) is 2.09. The molecule has 0 bridgehead atoms. The molecule has 0 spiro atoms. The Kier molecular flexibility index (Phi) is 5.06. The van der Waals surface area contributed by atoms with Crippen molar-refractivity contribution in [1.29, 1.82) is 0 Å². The Labute approximate surface area is 135 Å². The van der Waals surface area contributed by atoms with E-state index < -0.39 is 0 Å². The predicted octanol–water partition coefficient (Wildman–Crippen LogP) is 2.32. The number of ether oxygens (including phenoxy) is 1. The fourth-order valence-corrected chi connectivity index (χ4v) is 2.47. The number of nitrogens with one attached hydrogen (secondary N) is 1. The van der Waals surface area contributed by atoms with Gasteiger partial charge in [0, 0.05) is 42.9 Å². The fraction of sp³-hybridized carbons (Fsp3) is 0.294. The summed E-state index contributed by atoms with van der Waals surface area (Å²) in [5, 5.41) is 6.97. The van der Waals surface area contributed by atoms with Crippen LogP contribution in [0.25, 0.3) is 0 Å². The van der Waals surface area contributed by atoms with Gasteiger partial charge in [0.05, 0.1) is 12.9 Å². The molecule has 3 aromatic rings. The van der Waals surface area contributed by atoms with Crippen molar-refractivity contribution in [3.05, 3.63) is 66.5 Å². The molecule has 0 aliphatic carbocycles. The summed E-state index contributed by atoms with van der Waals surface area (Å²) in [6.45, 7) is 3.06. The number of hydrogen-bond donors (Lipinski definition) is 1. The lowest BCUT2D eigenvalue weighted by Gasteiger charge is -2.18. The van der Waals surface area contributed by atoms with E-state index in [2.05, 4.69) is 33.2 Å². The van der Waals surface area contributed by atoms with Crippen LogP contribution in [-0.4, -0.2) is 38.3 Å². The first-order chi connectivity index (χ1) is 11.3. The van der Waals surface area contributed by atoms with Crippen LogP contribution in [0.3, 0.4) is 0 Å². The highest BCUT2D eigenvalue weighted by Crippen LogP contribution is 2.20. The third-order valence-electron chi connectivity index (χ3n) is 3.58. The highest BCUT2D eigenvalue weighted by atomic mass is 16.5. The Morgan fingerprint density at radius 3 is 2.87 bits per heavy atom. The van der Waals surface area contributed by atoms with E-state index in [-0.39, 0.29) is 0 Å². The standard InChI is InChI=1S/C17H21N5O/c1-21(13-16-6-7-19-20-16)12-15-4-2-3-5-17(15)23-11-10-22-9-8-18-14-22/h2-9,14H,10-13H2,1H3,(H,19,20). The average molecular weight is 311 g/mol. The normalized spacial score (nSPS) is 11.0. The van der Waals surface area contributed by atoms with Gasteiger partial charge in [-0.05, 0) is 19.2 Å². The number of nitrogens with zero attached hydrogens (tertiary/aromatic N) is 4. The van der Waals surface area contributed by atoms with E-state index in [1.165, 1.54) is 5.56 Å². The summed E-state index contributed by atoms with van der Waals surface area (Å²) in [4.78, 5) is 6.26. The highest BCUT2D eigenvalue weighted by molar-refractivity contribution is 5.33. The highest BCUT2D eigenvalue weighted by Gasteiger charge is 2.07. The molecule has 23 heavy (non-hydrogen) atoms. The van der Waals surface area contributed by atoms with Crippen LogP contribution < -0.4 is 4.74 Å². The molecule has 0 fully saturated rings. The fourth-order valence-electron chi connectivity index (χ4n) is 2.47. The van der Waals surface area contributed by atoms with Crippen molar-refractivity contribution in [2.75, 3.05) is 13.7 Å². The minimum atomic E-state index is 0.623. The Balaban J connectivity index is 1.56. The number of aromatic amines is 1. The number of benzene rings is 1. The molecule has 0 aliphatic heterocycles. The predicted molar refractivity (Wildman–Crippen MR) is 87.9 cm³/mol. The first kappa shape index (κ1) is 15.3. The van der Waals surface area contributed by atoms with E-state index >= 15 is 0 Å². The lowest BCUT2D eigenvalue weighted by atomic mass is 10.2. The molecule has 6 nitrogen and oxygen atoms in total.